The van der Waals surface area contributed by atoms with E-state index in [0.29, 0.717) is 13.2 Å². The molecule has 1 N–H and O–H groups in total. The molecular formula is C21H25ClN2O2. The predicted molar refractivity (Wildman–Crippen MR) is 106 cm³/mol. The maximum atomic E-state index is 12.5. The van der Waals surface area contributed by atoms with Crippen LogP contribution in [0.2, 0.25) is 0 Å². The summed E-state index contributed by atoms with van der Waals surface area (Å²) in [6, 6.07) is 14.8. The van der Waals surface area contributed by atoms with E-state index in [0.717, 1.165) is 31.6 Å². The van der Waals surface area contributed by atoms with Gasteiger partial charge >= 0.3 is 5.97 Å². The second kappa shape index (κ2) is 8.11. The predicted octanol–water partition coefficient (Wildman–Crippen LogP) is 3.74. The van der Waals surface area contributed by atoms with Gasteiger partial charge < -0.3 is 10.1 Å². The van der Waals surface area contributed by atoms with Gasteiger partial charge in [-0.1, -0.05) is 42.5 Å². The van der Waals surface area contributed by atoms with Gasteiger partial charge in [0.2, 0.25) is 0 Å². The minimum atomic E-state index is -0.199. The van der Waals surface area contributed by atoms with Crippen molar-refractivity contribution in [3.8, 4) is 0 Å². The molecule has 1 unspecified atom stereocenters. The number of hydrogen-bond acceptors (Lipinski definition) is 4. The van der Waals surface area contributed by atoms with Crippen LogP contribution in [0.3, 0.4) is 0 Å². The van der Waals surface area contributed by atoms with Gasteiger partial charge in [0, 0.05) is 31.9 Å². The van der Waals surface area contributed by atoms with Gasteiger partial charge in [-0.05, 0) is 35.6 Å². The van der Waals surface area contributed by atoms with Crippen LogP contribution in [0.4, 0.5) is 5.69 Å². The fourth-order valence-electron chi connectivity index (χ4n) is 4.03. The fourth-order valence-corrected chi connectivity index (χ4v) is 4.03. The van der Waals surface area contributed by atoms with E-state index < -0.39 is 0 Å². The Morgan fingerprint density at radius 2 is 2.00 bits per heavy atom. The Morgan fingerprint density at radius 1 is 1.19 bits per heavy atom. The van der Waals surface area contributed by atoms with Crippen LogP contribution in [-0.4, -0.2) is 30.6 Å². The molecule has 0 fully saturated rings. The molecule has 0 spiro atoms. The summed E-state index contributed by atoms with van der Waals surface area (Å²) in [6.07, 6.45) is 1.09. The van der Waals surface area contributed by atoms with Crippen LogP contribution in [0, 0.1) is 0 Å². The van der Waals surface area contributed by atoms with Gasteiger partial charge in [-0.2, -0.15) is 0 Å². The number of nitrogens with one attached hydrogen (secondary N) is 1. The monoisotopic (exact) mass is 372 g/mol. The summed E-state index contributed by atoms with van der Waals surface area (Å²) in [5.74, 6) is -0.314. The lowest BCUT2D eigenvalue weighted by Crippen LogP contribution is -2.37. The average Bonchev–Trinajstić information content (AvgIpc) is 3.11. The van der Waals surface area contributed by atoms with Crippen molar-refractivity contribution in [2.75, 3.05) is 25.0 Å². The van der Waals surface area contributed by atoms with Crippen LogP contribution in [-0.2, 0) is 29.0 Å². The van der Waals surface area contributed by atoms with E-state index in [-0.39, 0.29) is 24.3 Å². The molecule has 4 rings (SSSR count). The highest BCUT2D eigenvalue weighted by Crippen LogP contribution is 2.33. The maximum Gasteiger partial charge on any atom is 0.314 e. The summed E-state index contributed by atoms with van der Waals surface area (Å²) in [5.41, 5.74) is 6.35. The molecule has 0 bridgehead atoms. The van der Waals surface area contributed by atoms with E-state index in [2.05, 4.69) is 40.5 Å². The van der Waals surface area contributed by atoms with Crippen molar-refractivity contribution in [1.82, 2.24) is 4.90 Å². The van der Waals surface area contributed by atoms with E-state index in [9.17, 15) is 4.79 Å². The zero-order valence-corrected chi connectivity index (χ0v) is 15.8. The van der Waals surface area contributed by atoms with Gasteiger partial charge in [-0.15, -0.1) is 12.4 Å². The van der Waals surface area contributed by atoms with Crippen molar-refractivity contribution in [3.05, 3.63) is 64.7 Å². The zero-order valence-electron chi connectivity index (χ0n) is 15.0. The SMILES string of the molecule is CCOC(=O)C1CN(Cc2cccc3c2NCC3)Cc2ccccc21.Cl. The molecule has 0 saturated heterocycles. The number of esters is 1. The molecule has 26 heavy (non-hydrogen) atoms. The third kappa shape index (κ3) is 3.57. The van der Waals surface area contributed by atoms with Crippen LogP contribution < -0.4 is 5.32 Å². The molecule has 0 aromatic heterocycles. The number of hydrogen-bond donors (Lipinski definition) is 1. The molecule has 0 saturated carbocycles. The highest BCUT2D eigenvalue weighted by Gasteiger charge is 2.31. The molecule has 2 aromatic carbocycles. The van der Waals surface area contributed by atoms with Crippen molar-refractivity contribution in [1.29, 1.82) is 0 Å². The number of nitrogens with zero attached hydrogens (tertiary/aromatic N) is 1. The van der Waals surface area contributed by atoms with Crippen LogP contribution >= 0.6 is 12.4 Å². The number of rotatable bonds is 4. The third-order valence-corrected chi connectivity index (χ3v) is 5.16. The van der Waals surface area contributed by atoms with Crippen molar-refractivity contribution in [2.24, 2.45) is 0 Å². The molecule has 2 aromatic rings. The Kier molecular flexibility index (Phi) is 5.84. The van der Waals surface area contributed by atoms with Gasteiger partial charge in [0.1, 0.15) is 0 Å². The van der Waals surface area contributed by atoms with Crippen molar-refractivity contribution in [3.63, 3.8) is 0 Å². The zero-order chi connectivity index (χ0) is 17.2. The number of fused-ring (bicyclic) bond motifs is 2. The van der Waals surface area contributed by atoms with Crippen LogP contribution in [0.1, 0.15) is 35.1 Å². The first kappa shape index (κ1) is 18.7. The number of benzene rings is 2. The average molecular weight is 373 g/mol. The van der Waals surface area contributed by atoms with Gasteiger partial charge in [0.15, 0.2) is 0 Å². The molecule has 2 aliphatic rings. The van der Waals surface area contributed by atoms with Gasteiger partial charge in [-0.3, -0.25) is 9.69 Å². The topological polar surface area (TPSA) is 41.6 Å². The van der Waals surface area contributed by atoms with Crippen LogP contribution in [0.25, 0.3) is 0 Å². The standard InChI is InChI=1S/C21H24N2O2.ClH/c1-2-25-21(24)19-14-23(12-16-6-3-4-9-18(16)19)13-17-8-5-7-15-10-11-22-20(15)17;/h3-9,19,22H,2,10-14H2,1H3;1H. The summed E-state index contributed by atoms with van der Waals surface area (Å²) in [4.78, 5) is 14.8. The number of para-hydroxylation sites is 1. The number of carbonyl (C=O) groups is 1. The van der Waals surface area contributed by atoms with E-state index >= 15 is 0 Å². The summed E-state index contributed by atoms with van der Waals surface area (Å²) < 4.78 is 5.33. The first-order chi connectivity index (χ1) is 12.3. The molecule has 0 aliphatic carbocycles. The normalized spacial score (nSPS) is 18.3. The Morgan fingerprint density at radius 3 is 2.85 bits per heavy atom. The fraction of sp³-hybridized carbons (Fsp3) is 0.381. The molecule has 0 amide bonds. The number of ether oxygens (including phenoxy) is 1. The molecule has 2 aliphatic heterocycles. The molecule has 0 radical (unpaired) electrons. The van der Waals surface area contributed by atoms with Crippen molar-refractivity contribution in [2.45, 2.75) is 32.4 Å². The summed E-state index contributed by atoms with van der Waals surface area (Å²) in [7, 11) is 0. The molecule has 2 heterocycles. The van der Waals surface area contributed by atoms with Crippen LogP contribution in [0.15, 0.2) is 42.5 Å². The molecule has 5 heteroatoms. The molecule has 138 valence electrons. The van der Waals surface area contributed by atoms with Gasteiger partial charge in [0.25, 0.3) is 0 Å². The molecule has 4 nitrogen and oxygen atoms in total. The number of halogens is 1. The Hall–Kier alpha value is -2.04. The smallest absolute Gasteiger partial charge is 0.314 e. The highest BCUT2D eigenvalue weighted by molar-refractivity contribution is 5.85. The second-order valence-electron chi connectivity index (χ2n) is 6.80. The lowest BCUT2D eigenvalue weighted by molar-refractivity contribution is -0.145. The summed E-state index contributed by atoms with van der Waals surface area (Å²) in [6.45, 7) is 5.73. The third-order valence-electron chi connectivity index (χ3n) is 5.16. The lowest BCUT2D eigenvalue weighted by Gasteiger charge is -2.34. The minimum Gasteiger partial charge on any atom is -0.465 e. The Bertz CT molecular complexity index is 793. The lowest BCUT2D eigenvalue weighted by atomic mass is 9.89. The quantitative estimate of drug-likeness (QED) is 0.830. The summed E-state index contributed by atoms with van der Waals surface area (Å²) >= 11 is 0. The van der Waals surface area contributed by atoms with Crippen molar-refractivity contribution < 1.29 is 9.53 Å². The Balaban J connectivity index is 0.00000196. The highest BCUT2D eigenvalue weighted by atomic mass is 35.5. The molecule has 1 atom stereocenters. The van der Waals surface area contributed by atoms with Gasteiger partial charge in [0.05, 0.1) is 12.5 Å². The van der Waals surface area contributed by atoms with Crippen LogP contribution in [0.5, 0.6) is 0 Å². The van der Waals surface area contributed by atoms with E-state index in [1.807, 2.05) is 19.1 Å². The Labute approximate surface area is 160 Å². The maximum absolute atomic E-state index is 12.5. The van der Waals surface area contributed by atoms with E-state index in [4.69, 9.17) is 4.74 Å². The largest absolute Gasteiger partial charge is 0.465 e. The second-order valence-corrected chi connectivity index (χ2v) is 6.80. The molecular weight excluding hydrogens is 348 g/mol. The van der Waals surface area contributed by atoms with Gasteiger partial charge in [-0.25, -0.2) is 0 Å². The summed E-state index contributed by atoms with van der Waals surface area (Å²) in [5, 5.41) is 3.51. The minimum absolute atomic E-state index is 0. The first-order valence-corrected chi connectivity index (χ1v) is 9.07. The number of anilines is 1. The van der Waals surface area contributed by atoms with E-state index in [1.54, 1.807) is 0 Å². The van der Waals surface area contributed by atoms with E-state index in [1.165, 1.54) is 22.4 Å². The van der Waals surface area contributed by atoms with Crippen molar-refractivity contribution >= 4 is 24.1 Å². The first-order valence-electron chi connectivity index (χ1n) is 9.07. The number of carbonyl (C=O) groups excluding carboxylic acids is 1.